The van der Waals surface area contributed by atoms with E-state index in [0.29, 0.717) is 6.42 Å². The fourth-order valence-corrected chi connectivity index (χ4v) is 4.39. The highest BCUT2D eigenvalue weighted by Crippen LogP contribution is 2.22. The maximum Gasteiger partial charge on any atom is 0.306 e. The van der Waals surface area contributed by atoms with Gasteiger partial charge in [0.25, 0.3) is 0 Å². The predicted molar refractivity (Wildman–Crippen MR) is 168 cm³/mol. The molecule has 0 aromatic carbocycles. The molecule has 4 N–H and O–H groups in total. The first-order chi connectivity index (χ1) is 21.3. The molecule has 0 saturated carbocycles. The minimum Gasteiger partial charge on any atom is -0.462 e. The number of rotatable bonds is 24. The lowest BCUT2D eigenvalue weighted by Gasteiger charge is -2.39. The van der Waals surface area contributed by atoms with E-state index in [4.69, 9.17) is 18.9 Å². The lowest BCUT2D eigenvalue weighted by Crippen LogP contribution is -2.59. The molecule has 0 radical (unpaired) electrons. The standard InChI is InChI=1S/C34H56O10/c1-3-5-6-7-8-9-10-11-12-13-14-15-16-17-18-19-20-21-22-23-30(37)43-27(25-41-29(36)4-2)26-42-34-33(40)32(39)31(38)28(24-35)44-34/h5-6,8-9,11-12,14-15,27-28,31-35,38-40H,3-4,7,10,13,16-26H2,1-2H3/b6-5-,9-8-,12-11-,15-14-. The van der Waals surface area contributed by atoms with Crippen LogP contribution in [0.15, 0.2) is 48.6 Å². The number of esters is 2. The molecule has 10 heteroatoms. The highest BCUT2D eigenvalue weighted by molar-refractivity contribution is 5.70. The smallest absolute Gasteiger partial charge is 0.306 e. The van der Waals surface area contributed by atoms with Gasteiger partial charge in [0, 0.05) is 12.8 Å². The Morgan fingerprint density at radius 1 is 0.727 bits per heavy atom. The summed E-state index contributed by atoms with van der Waals surface area (Å²) in [5, 5.41) is 39.3. The monoisotopic (exact) mass is 624 g/mol. The van der Waals surface area contributed by atoms with Gasteiger partial charge in [-0.15, -0.1) is 0 Å². The first-order valence-corrected chi connectivity index (χ1v) is 16.2. The van der Waals surface area contributed by atoms with Crippen LogP contribution in [0.25, 0.3) is 0 Å². The molecule has 0 aromatic heterocycles. The van der Waals surface area contributed by atoms with Crippen molar-refractivity contribution in [3.8, 4) is 0 Å². The summed E-state index contributed by atoms with van der Waals surface area (Å²) in [6.45, 7) is 2.65. The van der Waals surface area contributed by atoms with E-state index in [-0.39, 0.29) is 26.1 Å². The van der Waals surface area contributed by atoms with Crippen LogP contribution in [-0.4, -0.2) is 89.0 Å². The van der Waals surface area contributed by atoms with Crippen molar-refractivity contribution in [2.24, 2.45) is 0 Å². The molecule has 0 bridgehead atoms. The van der Waals surface area contributed by atoms with E-state index >= 15 is 0 Å². The molecular formula is C34H56O10. The summed E-state index contributed by atoms with van der Waals surface area (Å²) in [7, 11) is 0. The van der Waals surface area contributed by atoms with Crippen molar-refractivity contribution in [2.45, 2.75) is 134 Å². The molecule has 0 amide bonds. The Balaban J connectivity index is 2.22. The third-order valence-corrected chi connectivity index (χ3v) is 7.03. The lowest BCUT2D eigenvalue weighted by molar-refractivity contribution is -0.305. The van der Waals surface area contributed by atoms with Crippen LogP contribution in [0.4, 0.5) is 0 Å². The molecule has 0 aliphatic carbocycles. The van der Waals surface area contributed by atoms with Crippen molar-refractivity contribution in [1.29, 1.82) is 0 Å². The van der Waals surface area contributed by atoms with Gasteiger partial charge in [0.05, 0.1) is 13.2 Å². The van der Waals surface area contributed by atoms with E-state index in [9.17, 15) is 30.0 Å². The van der Waals surface area contributed by atoms with Crippen LogP contribution in [-0.2, 0) is 28.5 Å². The normalized spacial score (nSPS) is 23.3. The number of aliphatic hydroxyl groups excluding tert-OH is 4. The third kappa shape index (κ3) is 18.5. The van der Waals surface area contributed by atoms with Crippen LogP contribution < -0.4 is 0 Å². The maximum absolute atomic E-state index is 12.4. The molecule has 252 valence electrons. The van der Waals surface area contributed by atoms with Gasteiger partial charge < -0.3 is 39.4 Å². The van der Waals surface area contributed by atoms with E-state index < -0.39 is 55.4 Å². The molecule has 1 aliphatic rings. The second-order valence-corrected chi connectivity index (χ2v) is 10.8. The summed E-state index contributed by atoms with van der Waals surface area (Å²) in [4.78, 5) is 24.1. The summed E-state index contributed by atoms with van der Waals surface area (Å²) in [6.07, 6.45) is 20.9. The van der Waals surface area contributed by atoms with Crippen molar-refractivity contribution in [1.82, 2.24) is 0 Å². The highest BCUT2D eigenvalue weighted by Gasteiger charge is 2.44. The van der Waals surface area contributed by atoms with E-state index in [1.165, 1.54) is 0 Å². The summed E-state index contributed by atoms with van der Waals surface area (Å²) in [6, 6.07) is 0. The number of allylic oxidation sites excluding steroid dienone is 8. The van der Waals surface area contributed by atoms with Crippen LogP contribution >= 0.6 is 0 Å². The van der Waals surface area contributed by atoms with E-state index in [1.807, 2.05) is 0 Å². The second kappa shape index (κ2) is 25.9. The highest BCUT2D eigenvalue weighted by atomic mass is 16.7. The van der Waals surface area contributed by atoms with Crippen molar-refractivity contribution < 1.29 is 49.0 Å². The number of hydrogen-bond donors (Lipinski definition) is 4. The minimum atomic E-state index is -1.59. The molecule has 1 saturated heterocycles. The zero-order chi connectivity index (χ0) is 32.4. The van der Waals surface area contributed by atoms with E-state index in [2.05, 4.69) is 55.5 Å². The van der Waals surface area contributed by atoms with Gasteiger partial charge in [-0.3, -0.25) is 9.59 Å². The first kappa shape index (κ1) is 39.7. The summed E-state index contributed by atoms with van der Waals surface area (Å²) in [5.41, 5.74) is 0. The Hall–Kier alpha value is -2.34. The van der Waals surface area contributed by atoms with Gasteiger partial charge in [-0.05, 0) is 44.9 Å². The van der Waals surface area contributed by atoms with Crippen molar-refractivity contribution >= 4 is 11.9 Å². The molecule has 6 unspecified atom stereocenters. The van der Waals surface area contributed by atoms with Crippen molar-refractivity contribution in [2.75, 3.05) is 19.8 Å². The van der Waals surface area contributed by atoms with Gasteiger partial charge in [-0.25, -0.2) is 0 Å². The summed E-state index contributed by atoms with van der Waals surface area (Å²) >= 11 is 0. The predicted octanol–water partition coefficient (Wildman–Crippen LogP) is 4.59. The Labute approximate surface area is 263 Å². The Bertz CT molecular complexity index is 866. The maximum atomic E-state index is 12.4. The van der Waals surface area contributed by atoms with Gasteiger partial charge in [0.1, 0.15) is 31.0 Å². The number of aliphatic hydroxyl groups is 4. The van der Waals surface area contributed by atoms with Gasteiger partial charge >= 0.3 is 11.9 Å². The zero-order valence-electron chi connectivity index (χ0n) is 26.6. The molecule has 1 aliphatic heterocycles. The summed E-state index contributed by atoms with van der Waals surface area (Å²) in [5.74, 6) is -0.930. The first-order valence-electron chi connectivity index (χ1n) is 16.2. The van der Waals surface area contributed by atoms with Gasteiger partial charge in [0.15, 0.2) is 12.4 Å². The van der Waals surface area contributed by atoms with Gasteiger partial charge in [0.2, 0.25) is 0 Å². The van der Waals surface area contributed by atoms with Gasteiger partial charge in [-0.1, -0.05) is 88.1 Å². The number of ether oxygens (including phenoxy) is 4. The number of carbonyl (C=O) groups is 2. The average Bonchev–Trinajstić information content (AvgIpc) is 3.02. The Kier molecular flexibility index (Phi) is 23.4. The molecule has 6 atom stereocenters. The number of hydrogen-bond acceptors (Lipinski definition) is 10. The second-order valence-electron chi connectivity index (χ2n) is 10.8. The van der Waals surface area contributed by atoms with Gasteiger partial charge in [-0.2, -0.15) is 0 Å². The van der Waals surface area contributed by atoms with Crippen LogP contribution in [0.2, 0.25) is 0 Å². The van der Waals surface area contributed by atoms with E-state index in [0.717, 1.165) is 64.2 Å². The third-order valence-electron chi connectivity index (χ3n) is 7.03. The molecule has 1 heterocycles. The molecule has 0 aromatic rings. The largest absolute Gasteiger partial charge is 0.462 e. The van der Waals surface area contributed by atoms with Crippen LogP contribution in [0.5, 0.6) is 0 Å². The summed E-state index contributed by atoms with van der Waals surface area (Å²) < 4.78 is 21.4. The molecule has 0 spiro atoms. The fourth-order valence-electron chi connectivity index (χ4n) is 4.39. The number of carbonyl (C=O) groups excluding carboxylic acids is 2. The van der Waals surface area contributed by atoms with E-state index in [1.54, 1.807) is 6.92 Å². The molecule has 10 nitrogen and oxygen atoms in total. The Morgan fingerprint density at radius 2 is 1.32 bits per heavy atom. The van der Waals surface area contributed by atoms with Crippen LogP contribution in [0.1, 0.15) is 97.3 Å². The zero-order valence-corrected chi connectivity index (χ0v) is 26.6. The molecule has 1 fully saturated rings. The average molecular weight is 625 g/mol. The van der Waals surface area contributed by atoms with Crippen molar-refractivity contribution in [3.05, 3.63) is 48.6 Å². The lowest BCUT2D eigenvalue weighted by atomic mass is 9.99. The van der Waals surface area contributed by atoms with Crippen molar-refractivity contribution in [3.63, 3.8) is 0 Å². The minimum absolute atomic E-state index is 0.150. The fraction of sp³-hybridized carbons (Fsp3) is 0.706. The number of unbranched alkanes of at least 4 members (excludes halogenated alkanes) is 6. The van der Waals surface area contributed by atoms with Crippen LogP contribution in [0, 0.1) is 0 Å². The molecule has 44 heavy (non-hydrogen) atoms. The topological polar surface area (TPSA) is 152 Å². The Morgan fingerprint density at radius 3 is 1.93 bits per heavy atom. The molecule has 1 rings (SSSR count). The quantitative estimate of drug-likeness (QED) is 0.0682. The van der Waals surface area contributed by atoms with Crippen LogP contribution in [0.3, 0.4) is 0 Å². The molecular weight excluding hydrogens is 568 g/mol. The SMILES string of the molecule is CC/C=C\C/C=C\C/C=C\C/C=C\CCCCCCCCC(=O)OC(COC(=O)CC)COC1OC(CO)C(O)C(O)C1O.